The van der Waals surface area contributed by atoms with E-state index in [0.29, 0.717) is 0 Å². The molecule has 0 amide bonds. The summed E-state index contributed by atoms with van der Waals surface area (Å²) in [7, 11) is 2.20. The van der Waals surface area contributed by atoms with Gasteiger partial charge in [-0.05, 0) is 37.2 Å². The van der Waals surface area contributed by atoms with E-state index in [0.717, 1.165) is 26.2 Å². The maximum absolute atomic E-state index is 6.55. The fourth-order valence-corrected chi connectivity index (χ4v) is 4.79. The quantitative estimate of drug-likeness (QED) is 0.649. The molecule has 3 heterocycles. The average molecular weight is 346 g/mol. The van der Waals surface area contributed by atoms with E-state index in [1.54, 1.807) is 0 Å². The third-order valence-corrected chi connectivity index (χ3v) is 6.16. The molecule has 134 valence electrons. The van der Waals surface area contributed by atoms with Crippen molar-refractivity contribution in [1.82, 2.24) is 9.47 Å². The minimum absolute atomic E-state index is 0.0260. The van der Waals surface area contributed by atoms with Crippen molar-refractivity contribution in [3.05, 3.63) is 70.9 Å². The second kappa shape index (κ2) is 5.70. The van der Waals surface area contributed by atoms with Gasteiger partial charge in [-0.3, -0.25) is 4.90 Å². The highest BCUT2D eigenvalue weighted by Gasteiger charge is 2.39. The fraction of sp³-hybridized carbons (Fsp3) is 0.391. The summed E-state index contributed by atoms with van der Waals surface area (Å²) in [4.78, 5) is 2.39. The lowest BCUT2D eigenvalue weighted by Gasteiger charge is -2.31. The monoisotopic (exact) mass is 346 g/mol. The molecule has 2 unspecified atom stereocenters. The molecule has 3 aromatic rings. The number of hydrogen-bond donors (Lipinski definition) is 0. The van der Waals surface area contributed by atoms with Crippen LogP contribution in [-0.2, 0) is 23.2 Å². The van der Waals surface area contributed by atoms with Gasteiger partial charge in [0.2, 0.25) is 0 Å². The first-order valence-electron chi connectivity index (χ1n) is 9.52. The van der Waals surface area contributed by atoms with Crippen LogP contribution in [0.4, 0.5) is 0 Å². The highest BCUT2D eigenvalue weighted by molar-refractivity contribution is 5.87. The third-order valence-electron chi connectivity index (χ3n) is 6.16. The summed E-state index contributed by atoms with van der Waals surface area (Å²) >= 11 is 0. The van der Waals surface area contributed by atoms with Crippen molar-refractivity contribution in [2.24, 2.45) is 0 Å². The number of fused-ring (bicyclic) bond motifs is 3. The molecular formula is C23H26N2O. The largest absolute Gasteiger partial charge is 0.370 e. The number of aryl methyl sites for hydroxylation is 1. The Morgan fingerprint density at radius 1 is 1.12 bits per heavy atom. The molecule has 2 atom stereocenters. The third kappa shape index (κ3) is 2.34. The van der Waals surface area contributed by atoms with Crippen LogP contribution in [0.2, 0.25) is 0 Å². The molecule has 2 aliphatic rings. The number of hydrogen-bond acceptors (Lipinski definition) is 2. The molecule has 0 aliphatic carbocycles. The molecule has 0 saturated carbocycles. The van der Waals surface area contributed by atoms with E-state index in [1.807, 2.05) is 0 Å². The van der Waals surface area contributed by atoms with Crippen LogP contribution in [-0.4, -0.2) is 29.7 Å². The molecule has 5 rings (SSSR count). The number of rotatable bonds is 1. The summed E-state index contributed by atoms with van der Waals surface area (Å²) in [6.45, 7) is 8.22. The van der Waals surface area contributed by atoms with Gasteiger partial charge in [0.15, 0.2) is 0 Å². The molecular weight excluding hydrogens is 320 g/mol. The molecule has 0 spiro atoms. The van der Waals surface area contributed by atoms with E-state index in [-0.39, 0.29) is 11.5 Å². The standard InChI is InChI=1S/C23H26N2O/c1-16-9-10-20-18(11-16)19-12-24(3)13-21-22(19)25(20)14-23(2,15-26-21)17-7-5-4-6-8-17/h4-11,21H,12-15H2,1-3H3. The Balaban J connectivity index is 1.74. The normalized spacial score (nSPS) is 25.9. The Morgan fingerprint density at radius 3 is 2.73 bits per heavy atom. The van der Waals surface area contributed by atoms with E-state index in [9.17, 15) is 0 Å². The second-order valence-corrected chi connectivity index (χ2v) is 8.39. The van der Waals surface area contributed by atoms with Crippen molar-refractivity contribution in [3.8, 4) is 0 Å². The van der Waals surface area contributed by atoms with Crippen LogP contribution >= 0.6 is 0 Å². The van der Waals surface area contributed by atoms with Crippen LogP contribution in [0.3, 0.4) is 0 Å². The summed E-state index contributed by atoms with van der Waals surface area (Å²) in [5.41, 5.74) is 6.87. The van der Waals surface area contributed by atoms with Gasteiger partial charge in [-0.2, -0.15) is 0 Å². The number of ether oxygens (including phenoxy) is 1. The lowest BCUT2D eigenvalue weighted by Crippen LogP contribution is -2.33. The highest BCUT2D eigenvalue weighted by Crippen LogP contribution is 2.42. The first-order valence-corrected chi connectivity index (χ1v) is 9.52. The Bertz CT molecular complexity index is 975. The Kier molecular flexibility index (Phi) is 3.53. The zero-order valence-electron chi connectivity index (χ0n) is 15.8. The van der Waals surface area contributed by atoms with Crippen LogP contribution in [0.25, 0.3) is 10.9 Å². The van der Waals surface area contributed by atoms with Crippen LogP contribution in [0.15, 0.2) is 48.5 Å². The molecule has 3 nitrogen and oxygen atoms in total. The summed E-state index contributed by atoms with van der Waals surface area (Å²) in [5, 5.41) is 1.40. The average Bonchev–Trinajstić information content (AvgIpc) is 2.83. The molecule has 0 radical (unpaired) electrons. The first kappa shape index (κ1) is 16.1. The molecule has 0 bridgehead atoms. The summed E-state index contributed by atoms with van der Waals surface area (Å²) in [6, 6.07) is 17.7. The van der Waals surface area contributed by atoms with E-state index in [2.05, 4.69) is 78.9 Å². The zero-order chi connectivity index (χ0) is 17.9. The van der Waals surface area contributed by atoms with Crippen LogP contribution in [0.5, 0.6) is 0 Å². The first-order chi connectivity index (χ1) is 12.5. The minimum atomic E-state index is -0.0260. The zero-order valence-corrected chi connectivity index (χ0v) is 15.8. The van der Waals surface area contributed by atoms with Gasteiger partial charge < -0.3 is 9.30 Å². The van der Waals surface area contributed by atoms with Gasteiger partial charge in [0.1, 0.15) is 6.10 Å². The maximum atomic E-state index is 6.55. The smallest absolute Gasteiger partial charge is 0.110 e. The van der Waals surface area contributed by atoms with Crippen molar-refractivity contribution in [1.29, 1.82) is 0 Å². The Morgan fingerprint density at radius 2 is 1.92 bits per heavy atom. The number of benzene rings is 2. The Hall–Kier alpha value is -2.10. The summed E-state index contributed by atoms with van der Waals surface area (Å²) in [6.07, 6.45) is 0.155. The lowest BCUT2D eigenvalue weighted by molar-refractivity contribution is 0.00184. The molecule has 2 aromatic carbocycles. The van der Waals surface area contributed by atoms with Gasteiger partial charge >= 0.3 is 0 Å². The number of likely N-dealkylation sites (N-methyl/N-ethyl adjacent to an activating group) is 1. The lowest BCUT2D eigenvalue weighted by atomic mass is 9.83. The van der Waals surface area contributed by atoms with Crippen LogP contribution in [0, 0.1) is 6.92 Å². The van der Waals surface area contributed by atoms with Gasteiger partial charge in [0.25, 0.3) is 0 Å². The fourth-order valence-electron chi connectivity index (χ4n) is 4.79. The predicted octanol–water partition coefficient (Wildman–Crippen LogP) is 4.42. The van der Waals surface area contributed by atoms with Crippen LogP contribution in [0.1, 0.15) is 35.4 Å². The Labute approximate surface area is 155 Å². The van der Waals surface area contributed by atoms with E-state index >= 15 is 0 Å². The minimum Gasteiger partial charge on any atom is -0.370 e. The van der Waals surface area contributed by atoms with Gasteiger partial charge in [0.05, 0.1) is 12.3 Å². The van der Waals surface area contributed by atoms with Gasteiger partial charge in [-0.25, -0.2) is 0 Å². The number of aromatic nitrogens is 1. The van der Waals surface area contributed by atoms with E-state index in [1.165, 1.54) is 33.3 Å². The van der Waals surface area contributed by atoms with Gasteiger partial charge in [-0.15, -0.1) is 0 Å². The topological polar surface area (TPSA) is 17.4 Å². The van der Waals surface area contributed by atoms with Crippen molar-refractivity contribution < 1.29 is 4.74 Å². The van der Waals surface area contributed by atoms with Crippen molar-refractivity contribution in [3.63, 3.8) is 0 Å². The molecule has 0 fully saturated rings. The SMILES string of the molecule is Cc1ccc2c(c1)c1c3n2CC(C)(c2ccccc2)COC3CN(C)C1. The maximum Gasteiger partial charge on any atom is 0.110 e. The summed E-state index contributed by atoms with van der Waals surface area (Å²) < 4.78 is 9.11. The van der Waals surface area contributed by atoms with Crippen LogP contribution < -0.4 is 0 Å². The van der Waals surface area contributed by atoms with Crippen molar-refractivity contribution in [2.45, 2.75) is 38.5 Å². The molecule has 0 N–H and O–H groups in total. The molecule has 2 aliphatic heterocycles. The molecule has 3 heteroatoms. The van der Waals surface area contributed by atoms with E-state index < -0.39 is 0 Å². The molecule has 26 heavy (non-hydrogen) atoms. The van der Waals surface area contributed by atoms with Crippen molar-refractivity contribution in [2.75, 3.05) is 20.2 Å². The van der Waals surface area contributed by atoms with Gasteiger partial charge in [-0.1, -0.05) is 48.9 Å². The highest BCUT2D eigenvalue weighted by atomic mass is 16.5. The number of nitrogens with zero attached hydrogens (tertiary/aromatic N) is 2. The van der Waals surface area contributed by atoms with E-state index in [4.69, 9.17) is 4.74 Å². The second-order valence-electron chi connectivity index (χ2n) is 8.39. The van der Waals surface area contributed by atoms with Crippen molar-refractivity contribution >= 4 is 10.9 Å². The molecule has 1 aromatic heterocycles. The predicted molar refractivity (Wildman–Crippen MR) is 105 cm³/mol. The molecule has 0 saturated heterocycles. The summed E-state index contributed by atoms with van der Waals surface area (Å²) in [5.74, 6) is 0. The van der Waals surface area contributed by atoms with Gasteiger partial charge in [0, 0.05) is 36.0 Å².